The Kier molecular flexibility index (Phi) is 4.13. The summed E-state index contributed by atoms with van der Waals surface area (Å²) in [4.78, 5) is 16.4. The fraction of sp³-hybridized carbons (Fsp3) is 0.625. The van der Waals surface area contributed by atoms with Gasteiger partial charge in [0.15, 0.2) is 0 Å². The maximum atomic E-state index is 4.67. The highest BCUT2D eigenvalue weighted by atomic mass is 32.1. The molecular weight excluding hydrogens is 280 g/mol. The maximum Gasteiger partial charge on any atom is 0.141 e. The molecule has 21 heavy (non-hydrogen) atoms. The summed E-state index contributed by atoms with van der Waals surface area (Å²) in [7, 11) is 4.31. The van der Waals surface area contributed by atoms with Crippen LogP contribution in [0.2, 0.25) is 0 Å². The molecular formula is C16H24N4S. The van der Waals surface area contributed by atoms with Crippen LogP contribution in [0.5, 0.6) is 0 Å². The molecule has 3 rings (SSSR count). The van der Waals surface area contributed by atoms with E-state index in [1.807, 2.05) is 0 Å². The van der Waals surface area contributed by atoms with E-state index in [9.17, 15) is 0 Å². The lowest BCUT2D eigenvalue weighted by molar-refractivity contribution is 0.327. The average Bonchev–Trinajstić information content (AvgIpc) is 2.74. The molecule has 1 atom stereocenters. The van der Waals surface area contributed by atoms with Gasteiger partial charge in [0.1, 0.15) is 17.0 Å². The van der Waals surface area contributed by atoms with Crippen LogP contribution in [0.3, 0.4) is 0 Å². The van der Waals surface area contributed by atoms with Gasteiger partial charge in [-0.3, -0.25) is 0 Å². The molecule has 1 aliphatic rings. The van der Waals surface area contributed by atoms with Gasteiger partial charge in [-0.2, -0.15) is 0 Å². The van der Waals surface area contributed by atoms with Crippen LogP contribution in [0.25, 0.3) is 10.2 Å². The molecule has 2 aromatic heterocycles. The fourth-order valence-corrected chi connectivity index (χ4v) is 4.26. The third-order valence-corrected chi connectivity index (χ3v) is 5.54. The van der Waals surface area contributed by atoms with E-state index in [0.29, 0.717) is 6.04 Å². The SMILES string of the molecule is Cc1sc2ncnc(N3CCCCC3CN(C)C)c2c1C. The van der Waals surface area contributed by atoms with Crippen LogP contribution in [0, 0.1) is 13.8 Å². The van der Waals surface area contributed by atoms with Crippen molar-refractivity contribution in [3.05, 3.63) is 16.8 Å². The molecule has 1 aliphatic heterocycles. The number of hydrogen-bond donors (Lipinski definition) is 0. The Bertz CT molecular complexity index is 634. The third kappa shape index (κ3) is 2.77. The van der Waals surface area contributed by atoms with E-state index < -0.39 is 0 Å². The van der Waals surface area contributed by atoms with Gasteiger partial charge >= 0.3 is 0 Å². The highest BCUT2D eigenvalue weighted by Crippen LogP contribution is 2.36. The van der Waals surface area contributed by atoms with Crippen molar-refractivity contribution in [3.8, 4) is 0 Å². The van der Waals surface area contributed by atoms with Crippen molar-refractivity contribution in [1.82, 2.24) is 14.9 Å². The fourth-order valence-electron chi connectivity index (χ4n) is 3.27. The van der Waals surface area contributed by atoms with Gasteiger partial charge < -0.3 is 9.80 Å². The van der Waals surface area contributed by atoms with Gasteiger partial charge in [0, 0.05) is 24.0 Å². The van der Waals surface area contributed by atoms with Crippen LogP contribution < -0.4 is 4.90 Å². The molecule has 1 unspecified atom stereocenters. The Hall–Kier alpha value is -1.20. The quantitative estimate of drug-likeness (QED) is 0.871. The molecule has 2 aromatic rings. The monoisotopic (exact) mass is 304 g/mol. The summed E-state index contributed by atoms with van der Waals surface area (Å²) in [5, 5.41) is 1.27. The molecule has 0 amide bonds. The largest absolute Gasteiger partial charge is 0.352 e. The van der Waals surface area contributed by atoms with Crippen LogP contribution >= 0.6 is 11.3 Å². The van der Waals surface area contributed by atoms with Gasteiger partial charge in [-0.25, -0.2) is 9.97 Å². The van der Waals surface area contributed by atoms with Crippen LogP contribution in [-0.4, -0.2) is 48.1 Å². The minimum atomic E-state index is 0.562. The number of rotatable bonds is 3. The standard InChI is InChI=1S/C16H24N4S/c1-11-12(2)21-16-14(11)15(17-10-18-16)20-8-6-5-7-13(20)9-19(3)4/h10,13H,5-9H2,1-4H3. The number of fused-ring (bicyclic) bond motifs is 1. The number of thiophene rings is 1. The average molecular weight is 304 g/mol. The van der Waals surface area contributed by atoms with Crippen molar-refractivity contribution in [2.75, 3.05) is 32.1 Å². The zero-order chi connectivity index (χ0) is 15.0. The summed E-state index contributed by atoms with van der Waals surface area (Å²) in [6, 6.07) is 0.562. The van der Waals surface area contributed by atoms with E-state index in [1.165, 1.54) is 35.1 Å². The van der Waals surface area contributed by atoms with Crippen molar-refractivity contribution < 1.29 is 0 Å². The molecule has 0 aromatic carbocycles. The minimum Gasteiger partial charge on any atom is -0.352 e. The third-order valence-electron chi connectivity index (χ3n) is 4.42. The molecule has 0 N–H and O–H groups in total. The summed E-state index contributed by atoms with van der Waals surface area (Å²) in [6.07, 6.45) is 5.57. The first-order chi connectivity index (χ1) is 10.1. The van der Waals surface area contributed by atoms with Gasteiger partial charge in [0.2, 0.25) is 0 Å². The minimum absolute atomic E-state index is 0.562. The molecule has 0 bridgehead atoms. The summed E-state index contributed by atoms with van der Waals surface area (Å²) < 4.78 is 0. The molecule has 3 heterocycles. The Morgan fingerprint density at radius 2 is 2.10 bits per heavy atom. The second-order valence-corrected chi connectivity index (χ2v) is 7.47. The summed E-state index contributed by atoms with van der Waals surface area (Å²) in [5.41, 5.74) is 1.35. The Labute approximate surface area is 130 Å². The van der Waals surface area contributed by atoms with Crippen molar-refractivity contribution in [2.24, 2.45) is 0 Å². The van der Waals surface area contributed by atoms with Crippen LogP contribution in [0.4, 0.5) is 5.82 Å². The molecule has 0 saturated carbocycles. The zero-order valence-electron chi connectivity index (χ0n) is 13.4. The molecule has 4 nitrogen and oxygen atoms in total. The molecule has 5 heteroatoms. The van der Waals surface area contributed by atoms with Gasteiger partial charge in [-0.1, -0.05) is 0 Å². The topological polar surface area (TPSA) is 32.3 Å². The summed E-state index contributed by atoms with van der Waals surface area (Å²) >= 11 is 1.78. The predicted molar refractivity (Wildman–Crippen MR) is 90.4 cm³/mol. The van der Waals surface area contributed by atoms with Crippen LogP contribution in [0.1, 0.15) is 29.7 Å². The van der Waals surface area contributed by atoms with E-state index in [1.54, 1.807) is 17.7 Å². The van der Waals surface area contributed by atoms with E-state index in [4.69, 9.17) is 0 Å². The lowest BCUT2D eigenvalue weighted by Crippen LogP contribution is -2.45. The molecule has 114 valence electrons. The van der Waals surface area contributed by atoms with Gasteiger partial charge in [-0.05, 0) is 52.8 Å². The van der Waals surface area contributed by atoms with E-state index in [0.717, 1.165) is 23.7 Å². The van der Waals surface area contributed by atoms with Crippen LogP contribution in [-0.2, 0) is 0 Å². The van der Waals surface area contributed by atoms with Crippen molar-refractivity contribution >= 4 is 27.4 Å². The smallest absolute Gasteiger partial charge is 0.141 e. The maximum absolute atomic E-state index is 4.67. The Balaban J connectivity index is 2.05. The van der Waals surface area contributed by atoms with Crippen molar-refractivity contribution in [2.45, 2.75) is 39.2 Å². The van der Waals surface area contributed by atoms with E-state index in [-0.39, 0.29) is 0 Å². The first-order valence-electron chi connectivity index (χ1n) is 7.70. The van der Waals surface area contributed by atoms with Gasteiger partial charge in [0.05, 0.1) is 5.39 Å². The number of aryl methyl sites for hydroxylation is 2. The number of anilines is 1. The van der Waals surface area contributed by atoms with Gasteiger partial charge in [-0.15, -0.1) is 11.3 Å². The molecule has 0 spiro atoms. The number of nitrogens with zero attached hydrogens (tertiary/aromatic N) is 4. The Morgan fingerprint density at radius 3 is 2.86 bits per heavy atom. The van der Waals surface area contributed by atoms with Crippen molar-refractivity contribution in [1.29, 1.82) is 0 Å². The van der Waals surface area contributed by atoms with Crippen LogP contribution in [0.15, 0.2) is 6.33 Å². The highest BCUT2D eigenvalue weighted by Gasteiger charge is 2.26. The number of piperidine rings is 1. The first kappa shape index (κ1) is 14.7. The van der Waals surface area contributed by atoms with E-state index in [2.05, 4.69) is 47.7 Å². The lowest BCUT2D eigenvalue weighted by atomic mass is 10.0. The zero-order valence-corrected chi connectivity index (χ0v) is 14.2. The second kappa shape index (κ2) is 5.89. The summed E-state index contributed by atoms with van der Waals surface area (Å²) in [6.45, 7) is 6.58. The molecule has 1 saturated heterocycles. The number of hydrogen-bond acceptors (Lipinski definition) is 5. The molecule has 0 aliphatic carbocycles. The predicted octanol–water partition coefficient (Wildman–Crippen LogP) is 3.23. The molecule has 1 fully saturated rings. The summed E-state index contributed by atoms with van der Waals surface area (Å²) in [5.74, 6) is 1.15. The Morgan fingerprint density at radius 1 is 1.29 bits per heavy atom. The number of aromatic nitrogens is 2. The number of likely N-dealkylation sites (N-methyl/N-ethyl adjacent to an activating group) is 1. The molecule has 0 radical (unpaired) electrons. The first-order valence-corrected chi connectivity index (χ1v) is 8.51. The van der Waals surface area contributed by atoms with E-state index >= 15 is 0 Å². The van der Waals surface area contributed by atoms with Gasteiger partial charge in [0.25, 0.3) is 0 Å². The van der Waals surface area contributed by atoms with Crippen molar-refractivity contribution in [3.63, 3.8) is 0 Å². The highest BCUT2D eigenvalue weighted by molar-refractivity contribution is 7.18. The second-order valence-electron chi connectivity index (χ2n) is 6.27. The lowest BCUT2D eigenvalue weighted by Gasteiger charge is -2.38. The normalized spacial score (nSPS) is 19.7.